The van der Waals surface area contributed by atoms with Crippen LogP contribution in [0.5, 0.6) is 0 Å². The van der Waals surface area contributed by atoms with E-state index in [0.717, 1.165) is 5.56 Å². The van der Waals surface area contributed by atoms with Crippen molar-refractivity contribution in [1.82, 2.24) is 0 Å². The molecule has 0 amide bonds. The Morgan fingerprint density at radius 2 is 1.76 bits per heavy atom. The second-order valence-corrected chi connectivity index (χ2v) is 5.27. The quantitative estimate of drug-likeness (QED) is 0.608. The molecule has 1 heterocycles. The van der Waals surface area contributed by atoms with Gasteiger partial charge in [0, 0.05) is 4.88 Å². The summed E-state index contributed by atoms with van der Waals surface area (Å²) in [7, 11) is 0. The normalized spacial score (nSPS) is 11.7. The summed E-state index contributed by atoms with van der Waals surface area (Å²) in [6, 6.07) is 12.9. The highest BCUT2D eigenvalue weighted by molar-refractivity contribution is 7.10. The third kappa shape index (κ3) is 4.16. The first-order valence-corrected chi connectivity index (χ1v) is 7.51. The maximum Gasteiger partial charge on any atom is 0.326 e. The number of carbonyl (C=O) groups excluding carboxylic acids is 2. The van der Waals surface area contributed by atoms with E-state index in [0.29, 0.717) is 4.88 Å². The van der Waals surface area contributed by atoms with Crippen molar-refractivity contribution >= 4 is 23.3 Å². The van der Waals surface area contributed by atoms with E-state index in [1.54, 1.807) is 19.1 Å². The van der Waals surface area contributed by atoms with Crippen LogP contribution in [0.4, 0.5) is 0 Å². The fourth-order valence-electron chi connectivity index (χ4n) is 1.82. The minimum Gasteiger partial charge on any atom is -0.465 e. The lowest BCUT2D eigenvalue weighted by atomic mass is 10.1. The first-order chi connectivity index (χ1) is 10.2. The van der Waals surface area contributed by atoms with Crippen molar-refractivity contribution < 1.29 is 19.1 Å². The minimum atomic E-state index is -1.01. The van der Waals surface area contributed by atoms with Gasteiger partial charge in [-0.1, -0.05) is 36.4 Å². The van der Waals surface area contributed by atoms with Gasteiger partial charge in [-0.15, -0.1) is 11.3 Å². The molecule has 1 unspecified atom stereocenters. The van der Waals surface area contributed by atoms with E-state index in [1.807, 2.05) is 35.7 Å². The van der Waals surface area contributed by atoms with E-state index in [2.05, 4.69) is 0 Å². The lowest BCUT2D eigenvalue weighted by Crippen LogP contribution is -2.25. The topological polar surface area (TPSA) is 52.6 Å². The molecule has 0 saturated heterocycles. The lowest BCUT2D eigenvalue weighted by Gasteiger charge is -2.13. The van der Waals surface area contributed by atoms with E-state index in [4.69, 9.17) is 9.47 Å². The van der Waals surface area contributed by atoms with Crippen LogP contribution in [0.2, 0.25) is 0 Å². The van der Waals surface area contributed by atoms with E-state index in [-0.39, 0.29) is 13.2 Å². The molecule has 4 nitrogen and oxygen atoms in total. The number of thiophene rings is 1. The summed E-state index contributed by atoms with van der Waals surface area (Å²) in [4.78, 5) is 24.8. The van der Waals surface area contributed by atoms with E-state index in [9.17, 15) is 9.59 Å². The van der Waals surface area contributed by atoms with Crippen LogP contribution in [0.1, 0.15) is 23.3 Å². The summed E-state index contributed by atoms with van der Waals surface area (Å²) >= 11 is 1.33. The van der Waals surface area contributed by atoms with Crippen LogP contribution in [0.25, 0.3) is 0 Å². The SMILES string of the molecule is CCOC(=O)C(C(=O)OCc1ccccc1)c1cccs1. The molecule has 0 radical (unpaired) electrons. The maximum absolute atomic E-state index is 12.2. The molecule has 21 heavy (non-hydrogen) atoms. The molecule has 0 spiro atoms. The second-order valence-electron chi connectivity index (χ2n) is 4.29. The molecule has 0 saturated carbocycles. The zero-order chi connectivity index (χ0) is 15.1. The van der Waals surface area contributed by atoms with Gasteiger partial charge in [-0.05, 0) is 23.9 Å². The van der Waals surface area contributed by atoms with E-state index in [1.165, 1.54) is 11.3 Å². The Morgan fingerprint density at radius 1 is 1.05 bits per heavy atom. The molecule has 0 aliphatic rings. The van der Waals surface area contributed by atoms with Gasteiger partial charge in [0.05, 0.1) is 6.61 Å². The van der Waals surface area contributed by atoms with Crippen LogP contribution in [-0.2, 0) is 25.7 Å². The zero-order valence-corrected chi connectivity index (χ0v) is 12.5. The number of esters is 2. The molecule has 0 fully saturated rings. The van der Waals surface area contributed by atoms with Crippen molar-refractivity contribution in [2.24, 2.45) is 0 Å². The van der Waals surface area contributed by atoms with E-state index < -0.39 is 17.9 Å². The first-order valence-electron chi connectivity index (χ1n) is 6.63. The highest BCUT2D eigenvalue weighted by atomic mass is 32.1. The highest BCUT2D eigenvalue weighted by Crippen LogP contribution is 2.24. The smallest absolute Gasteiger partial charge is 0.326 e. The lowest BCUT2D eigenvalue weighted by molar-refractivity contribution is -0.157. The highest BCUT2D eigenvalue weighted by Gasteiger charge is 2.32. The van der Waals surface area contributed by atoms with Crippen molar-refractivity contribution in [3.05, 3.63) is 58.3 Å². The largest absolute Gasteiger partial charge is 0.465 e. The molecule has 1 atom stereocenters. The van der Waals surface area contributed by atoms with Gasteiger partial charge in [0.2, 0.25) is 0 Å². The third-order valence-electron chi connectivity index (χ3n) is 2.81. The third-order valence-corrected chi connectivity index (χ3v) is 3.75. The summed E-state index contributed by atoms with van der Waals surface area (Å²) in [6.07, 6.45) is 0. The standard InChI is InChI=1S/C16H16O4S/c1-2-19-15(17)14(13-9-6-10-21-13)16(18)20-11-12-7-4-3-5-8-12/h3-10,14H,2,11H2,1H3. The molecular weight excluding hydrogens is 288 g/mol. The fraction of sp³-hybridized carbons (Fsp3) is 0.250. The predicted octanol–water partition coefficient (Wildman–Crippen LogP) is 3.14. The molecule has 0 N–H and O–H groups in total. The Morgan fingerprint density at radius 3 is 2.38 bits per heavy atom. The van der Waals surface area contributed by atoms with Gasteiger partial charge in [-0.25, -0.2) is 0 Å². The summed E-state index contributed by atoms with van der Waals surface area (Å²) < 4.78 is 10.2. The number of hydrogen-bond acceptors (Lipinski definition) is 5. The van der Waals surface area contributed by atoms with Gasteiger partial charge in [0.15, 0.2) is 5.92 Å². The second kappa shape index (κ2) is 7.59. The van der Waals surface area contributed by atoms with Crippen molar-refractivity contribution in [2.75, 3.05) is 6.61 Å². The molecule has 110 valence electrons. The van der Waals surface area contributed by atoms with Crippen molar-refractivity contribution in [2.45, 2.75) is 19.4 Å². The summed E-state index contributed by atoms with van der Waals surface area (Å²) in [6.45, 7) is 2.08. The molecule has 5 heteroatoms. The van der Waals surface area contributed by atoms with Crippen LogP contribution in [0, 0.1) is 0 Å². The van der Waals surface area contributed by atoms with Gasteiger partial charge in [0.1, 0.15) is 6.61 Å². The Labute approximate surface area is 127 Å². The van der Waals surface area contributed by atoms with Gasteiger partial charge in [-0.2, -0.15) is 0 Å². The molecule has 0 aliphatic carbocycles. The Kier molecular flexibility index (Phi) is 5.51. The molecule has 2 rings (SSSR count). The first kappa shape index (κ1) is 15.3. The molecule has 1 aromatic heterocycles. The van der Waals surface area contributed by atoms with Crippen LogP contribution in [0.3, 0.4) is 0 Å². The van der Waals surface area contributed by atoms with Crippen LogP contribution in [-0.4, -0.2) is 18.5 Å². The van der Waals surface area contributed by atoms with Gasteiger partial charge >= 0.3 is 11.9 Å². The summed E-state index contributed by atoms with van der Waals surface area (Å²) in [5, 5.41) is 1.81. The molecule has 0 bridgehead atoms. The predicted molar refractivity (Wildman–Crippen MR) is 79.9 cm³/mol. The van der Waals surface area contributed by atoms with Crippen LogP contribution >= 0.6 is 11.3 Å². The number of hydrogen-bond donors (Lipinski definition) is 0. The van der Waals surface area contributed by atoms with Crippen molar-refractivity contribution in [3.8, 4) is 0 Å². The molecule has 1 aromatic carbocycles. The monoisotopic (exact) mass is 304 g/mol. The van der Waals surface area contributed by atoms with Crippen molar-refractivity contribution in [1.29, 1.82) is 0 Å². The average Bonchev–Trinajstić information content (AvgIpc) is 3.00. The number of carbonyl (C=O) groups is 2. The van der Waals surface area contributed by atoms with Gasteiger partial charge in [-0.3, -0.25) is 9.59 Å². The fourth-order valence-corrected chi connectivity index (χ4v) is 2.62. The van der Waals surface area contributed by atoms with Crippen LogP contribution in [0.15, 0.2) is 47.8 Å². The Hall–Kier alpha value is -2.14. The minimum absolute atomic E-state index is 0.140. The molecule has 2 aromatic rings. The Balaban J connectivity index is 2.06. The molecule has 0 aliphatic heterocycles. The number of ether oxygens (including phenoxy) is 2. The average molecular weight is 304 g/mol. The number of benzene rings is 1. The number of rotatable bonds is 6. The van der Waals surface area contributed by atoms with Gasteiger partial charge in [0.25, 0.3) is 0 Å². The molecular formula is C16H16O4S. The van der Waals surface area contributed by atoms with Crippen molar-refractivity contribution in [3.63, 3.8) is 0 Å². The zero-order valence-electron chi connectivity index (χ0n) is 11.7. The summed E-state index contributed by atoms with van der Waals surface area (Å²) in [5.74, 6) is -2.16. The maximum atomic E-state index is 12.2. The van der Waals surface area contributed by atoms with E-state index >= 15 is 0 Å². The Bertz CT molecular complexity index is 578. The summed E-state index contributed by atoms with van der Waals surface area (Å²) in [5.41, 5.74) is 0.875. The van der Waals surface area contributed by atoms with Crippen LogP contribution < -0.4 is 0 Å². The van der Waals surface area contributed by atoms with Gasteiger partial charge < -0.3 is 9.47 Å².